The van der Waals surface area contributed by atoms with Gasteiger partial charge in [0.2, 0.25) is 0 Å². The van der Waals surface area contributed by atoms with Crippen LogP contribution in [-0.4, -0.2) is 270 Å². The molecule has 0 aromatic heterocycles. The first-order valence-corrected chi connectivity index (χ1v) is 32.0. The van der Waals surface area contributed by atoms with Crippen LogP contribution in [-0.2, 0) is 74.8 Å². The Morgan fingerprint density at radius 1 is 0.635 bits per heavy atom. The fourth-order valence-corrected chi connectivity index (χ4v) is 13.4. The van der Waals surface area contributed by atoms with Gasteiger partial charge < -0.3 is 148 Å². The van der Waals surface area contributed by atoms with Crippen molar-refractivity contribution in [1.82, 2.24) is 20.9 Å². The second-order valence-corrected chi connectivity index (χ2v) is 25.5. The molecule has 7 saturated heterocycles. The number of nitrogens with zero attached hydrogens (tertiary/aromatic N) is 2. The molecular weight excluding hydrogens is 1270 g/mol. The molecule has 1 saturated carbocycles. The van der Waals surface area contributed by atoms with Crippen molar-refractivity contribution in [3.05, 3.63) is 83.9 Å². The summed E-state index contributed by atoms with van der Waals surface area (Å²) in [6.07, 6.45) is -16.5. The maximum atomic E-state index is 13.1. The Kier molecular flexibility index (Phi) is 26.0. The maximum Gasteiger partial charge on any atom is 0.410 e. The molecule has 8 fully saturated rings. The average molecular weight is 1370 g/mol. The fourth-order valence-electron chi connectivity index (χ4n) is 13.4. The number of hydrogen-bond donors (Lipinski definition) is 16. The lowest BCUT2D eigenvalue weighted by Crippen LogP contribution is -2.69. The first-order chi connectivity index (χ1) is 45.5. The number of fused-ring (bicyclic) bond motifs is 4. The average Bonchev–Trinajstić information content (AvgIpc) is 1.74. The molecule has 2 aromatic rings. The highest BCUT2D eigenvalue weighted by Gasteiger charge is 2.61. The predicted molar refractivity (Wildman–Crippen MR) is 336 cm³/mol. The van der Waals surface area contributed by atoms with E-state index >= 15 is 0 Å². The third kappa shape index (κ3) is 17.5. The number of rotatable bonds is 18. The van der Waals surface area contributed by atoms with Gasteiger partial charge in [0.15, 0.2) is 49.8 Å². The summed E-state index contributed by atoms with van der Waals surface area (Å²) < 4.78 is 77.7. The van der Waals surface area contributed by atoms with Gasteiger partial charge in [-0.3, -0.25) is 4.90 Å². The van der Waals surface area contributed by atoms with E-state index < -0.39 is 191 Å². The minimum Gasteiger partial charge on any atom is -0.445 e. The van der Waals surface area contributed by atoms with Crippen LogP contribution in [0.1, 0.15) is 65.4 Å². The lowest BCUT2D eigenvalue weighted by Gasteiger charge is -2.51. The van der Waals surface area contributed by atoms with Crippen LogP contribution in [0.25, 0.3) is 0 Å². The standard InChI is InChI=1S/C39H50N4O14.C22H43N7O9.CH4.H2/c1-20-15-26-32(33-29(43(2)39(49)56-33)35(53-26)57-36-31(46)30(45)28(40)27(17-44)54-36)55-34(20)52-25-14-13-23(41-37(47)50-18-21-9-5-3-6-10-21)16-24(25)42-38(48)51-19-22-11-7-4-8-12-22;1-28-14-16(32)18-11(5-9(25)19(37-18)34-10-3-2-7(23)4-8(10)24)35-20(14)38-21-17(33)15(31)13(29-22(26)27)12(6-30)36-21;;/h3-14,20,23-36,44-46H,15-19,40H2,1-2H3,(H,41,47)(H,42,48);7-21,28,30-33H,2-6,23-25H2,1H3,(H4,26,27,29);1H4;1H/t20?,23-,24?,25-,26-,27?,28+,29?,30-,31?,32?,33?,34-,35?,36+;7-,8?,9?,10-,11-,12?,13+,14?,15-,16?,17?,18?,19-,20?,21+;;/m00../s1/i;;;1+2. The molecule has 3 amide bonds. The molecule has 22 N–H and O–H groups in total. The van der Waals surface area contributed by atoms with Gasteiger partial charge >= 0.3 is 18.3 Å². The van der Waals surface area contributed by atoms with Crippen molar-refractivity contribution in [3.63, 3.8) is 0 Å². The van der Waals surface area contributed by atoms with Crippen molar-refractivity contribution in [2.75, 3.05) is 27.3 Å². The van der Waals surface area contributed by atoms with E-state index in [1.807, 2.05) is 67.6 Å². The van der Waals surface area contributed by atoms with E-state index in [9.17, 15) is 50.1 Å². The third-order valence-electron chi connectivity index (χ3n) is 18.7. The van der Waals surface area contributed by atoms with Crippen molar-refractivity contribution in [2.24, 2.45) is 45.3 Å². The Bertz CT molecular complexity index is 2870. The number of nitrogens with two attached hydrogens (primary N) is 6. The summed E-state index contributed by atoms with van der Waals surface area (Å²) in [5.41, 5.74) is 36.9. The zero-order chi connectivity index (χ0) is 67.9. The SMILES string of the molecule is C.CC1C[C@@H]2OC(O[C@H]3OC(CO)[C@@H](N)[C@H](O)C3O)C3C(OC(=O)N3C)C2O[C@@H]1O[C@H]1C=C[C@H](NC(=O)OCc2ccccc2)CC1NC(=O)OCc1ccccc1.CNC1C(O[C@H]2OC(CO)[C@@H](N=C(N)N)[C@H](O)C2O)O[C@H]2CC(N)[C@@H](O[C@H]3CC[C@H](N)CC3N)OC2C1O.[3HH]. The number of ether oxygens (including phenoxy) is 13. The summed E-state index contributed by atoms with van der Waals surface area (Å²) in [7, 11) is 3.10. The Balaban J connectivity index is 0.000000262. The van der Waals surface area contributed by atoms with Crippen LogP contribution in [0, 0.1) is 5.92 Å². The maximum absolute atomic E-state index is 13.1. The number of likely N-dealkylation sites (N-methyl/N-ethyl adjacent to an activating group) is 2. The number of aliphatic hydroxyl groups excluding tert-OH is 7. The molecule has 0 spiro atoms. The molecular formula is C62H99N11O23. The van der Waals surface area contributed by atoms with Crippen LogP contribution in [0.15, 0.2) is 77.8 Å². The molecule has 7 heterocycles. The normalized spacial score (nSPS) is 41.9. The molecule has 0 bridgehead atoms. The van der Waals surface area contributed by atoms with Crippen molar-refractivity contribution >= 4 is 24.2 Å². The van der Waals surface area contributed by atoms with Gasteiger partial charge in [0.05, 0.1) is 67.8 Å². The number of aliphatic imine (C=N–C) groups is 1. The van der Waals surface area contributed by atoms with Crippen LogP contribution in [0.3, 0.4) is 0 Å². The van der Waals surface area contributed by atoms with Crippen LogP contribution in [0.5, 0.6) is 0 Å². The summed E-state index contributed by atoms with van der Waals surface area (Å²) in [4.78, 5) is 43.9. The van der Waals surface area contributed by atoms with Crippen molar-refractivity contribution < 1.29 is 113 Å². The highest BCUT2D eigenvalue weighted by molar-refractivity contribution is 5.76. The number of amides is 3. The van der Waals surface area contributed by atoms with Crippen LogP contribution < -0.4 is 50.4 Å². The molecule has 34 nitrogen and oxygen atoms in total. The van der Waals surface area contributed by atoms with Gasteiger partial charge in [-0.2, -0.15) is 0 Å². The number of carbonyl (C=O) groups excluding carboxylic acids is 3. The molecule has 11 rings (SSSR count). The highest BCUT2D eigenvalue weighted by atomic mass is 16.8. The molecule has 2 aliphatic carbocycles. The second-order valence-electron chi connectivity index (χ2n) is 25.5. The van der Waals surface area contributed by atoms with E-state index in [4.69, 9.17) is 96.0 Å². The van der Waals surface area contributed by atoms with Crippen molar-refractivity contribution in [1.29, 1.82) is 0 Å². The Labute approximate surface area is 556 Å². The van der Waals surface area contributed by atoms with E-state index in [1.165, 1.54) is 11.9 Å². The van der Waals surface area contributed by atoms with Crippen LogP contribution in [0.4, 0.5) is 14.4 Å². The van der Waals surface area contributed by atoms with Gasteiger partial charge in [-0.15, -0.1) is 0 Å². The number of hydrogen-bond acceptors (Lipinski definition) is 29. The minimum atomic E-state index is -1.59. The number of carbonyl (C=O) groups is 3. The molecule has 2 aromatic carbocycles. The van der Waals surface area contributed by atoms with E-state index in [0.29, 0.717) is 19.3 Å². The van der Waals surface area contributed by atoms with Gasteiger partial charge in [-0.25, -0.2) is 19.4 Å². The molecule has 0 radical (unpaired) electrons. The van der Waals surface area contributed by atoms with E-state index in [2.05, 4.69) is 20.9 Å². The lowest BCUT2D eigenvalue weighted by molar-refractivity contribution is -0.372. The zero-order valence-corrected chi connectivity index (χ0v) is 52.8. The number of guanidine groups is 1. The summed E-state index contributed by atoms with van der Waals surface area (Å²) in [5, 5.41) is 81.8. The van der Waals surface area contributed by atoms with Crippen LogP contribution in [0.2, 0.25) is 0 Å². The Morgan fingerprint density at radius 3 is 1.85 bits per heavy atom. The Morgan fingerprint density at radius 2 is 1.23 bits per heavy atom. The number of benzene rings is 2. The second kappa shape index (κ2) is 33.5. The van der Waals surface area contributed by atoms with E-state index in [-0.39, 0.29) is 65.0 Å². The molecule has 9 aliphatic rings. The summed E-state index contributed by atoms with van der Waals surface area (Å²) in [6, 6.07) is 12.7. The topological polar surface area (TPSA) is 521 Å². The summed E-state index contributed by atoms with van der Waals surface area (Å²) in [6.45, 7) is 0.944. The van der Waals surface area contributed by atoms with Gasteiger partial charge in [0.1, 0.15) is 80.2 Å². The van der Waals surface area contributed by atoms with Gasteiger partial charge in [0, 0.05) is 26.5 Å². The smallest absolute Gasteiger partial charge is 0.410 e. The largest absolute Gasteiger partial charge is 0.445 e. The third-order valence-corrected chi connectivity index (χ3v) is 18.7. The number of alkyl carbamates (subject to hydrolysis) is 2. The van der Waals surface area contributed by atoms with Gasteiger partial charge in [-0.1, -0.05) is 87.2 Å². The van der Waals surface area contributed by atoms with E-state index in [0.717, 1.165) is 17.5 Å². The molecule has 96 heavy (non-hydrogen) atoms. The van der Waals surface area contributed by atoms with Crippen molar-refractivity contribution in [3.8, 4) is 0 Å². The minimum absolute atomic E-state index is 0. The number of nitrogens with one attached hydrogen (secondary N) is 3. The molecule has 30 atom stereocenters. The Hall–Kier alpha value is -5.62. The van der Waals surface area contributed by atoms with Crippen LogP contribution >= 0.6 is 0 Å². The lowest BCUT2D eigenvalue weighted by atomic mass is 9.87. The van der Waals surface area contributed by atoms with Gasteiger partial charge in [0.25, 0.3) is 0 Å². The summed E-state index contributed by atoms with van der Waals surface area (Å²) >= 11 is 0. The van der Waals surface area contributed by atoms with E-state index in [1.54, 1.807) is 19.2 Å². The summed E-state index contributed by atoms with van der Waals surface area (Å²) in [5.74, 6) is -0.635. The zero-order valence-electron chi connectivity index (χ0n) is 52.8. The molecule has 34 heteroatoms. The monoisotopic (exact) mass is 1370 g/mol. The quantitative estimate of drug-likeness (QED) is 0.0296. The fraction of sp³-hybridized carbons (Fsp3) is 0.710. The first-order valence-electron chi connectivity index (χ1n) is 32.0. The molecule has 7 aliphatic heterocycles. The molecule has 16 unspecified atom stereocenters. The van der Waals surface area contributed by atoms with Crippen molar-refractivity contribution in [2.45, 2.75) is 244 Å². The van der Waals surface area contributed by atoms with Gasteiger partial charge in [-0.05, 0) is 56.7 Å². The highest BCUT2D eigenvalue weighted by Crippen LogP contribution is 2.43. The first kappa shape index (κ1) is 74.6. The molecule has 540 valence electrons. The number of aliphatic hydroxyl groups is 7. The predicted octanol–water partition coefficient (Wildman–Crippen LogP) is -3.69.